The van der Waals surface area contributed by atoms with Crippen LogP contribution in [0.1, 0.15) is 12.0 Å². The number of benzene rings is 2. The molecule has 0 saturated carbocycles. The van der Waals surface area contributed by atoms with Gasteiger partial charge in [-0.2, -0.15) is 9.59 Å². The molecule has 0 radical (unpaired) electrons. The van der Waals surface area contributed by atoms with Gasteiger partial charge >= 0.3 is 6.15 Å². The van der Waals surface area contributed by atoms with Crippen molar-refractivity contribution in [1.82, 2.24) is 0 Å². The summed E-state index contributed by atoms with van der Waals surface area (Å²) >= 11 is 1.30. The summed E-state index contributed by atoms with van der Waals surface area (Å²) in [7, 11) is 0. The first-order valence-corrected chi connectivity index (χ1v) is 7.16. The summed E-state index contributed by atoms with van der Waals surface area (Å²) in [5.74, 6) is 0. The van der Waals surface area contributed by atoms with Gasteiger partial charge in [-0.15, -0.1) is 0 Å². The third-order valence-corrected chi connectivity index (χ3v) is 3.82. The summed E-state index contributed by atoms with van der Waals surface area (Å²) in [6.07, 6.45) is 0.795. The largest absolute Gasteiger partial charge is 0.373 e. The first-order valence-electron chi connectivity index (χ1n) is 6.28. The molecule has 2 aromatic rings. The molecule has 3 rings (SSSR count). The molecule has 0 amide bonds. The highest BCUT2D eigenvalue weighted by molar-refractivity contribution is 8.16. The summed E-state index contributed by atoms with van der Waals surface area (Å²) < 4.78 is 0. The fourth-order valence-corrected chi connectivity index (χ4v) is 2.81. The van der Waals surface area contributed by atoms with Crippen molar-refractivity contribution < 1.29 is 14.4 Å². The lowest BCUT2D eigenvalue weighted by Crippen LogP contribution is -1.87. The van der Waals surface area contributed by atoms with E-state index in [0.29, 0.717) is 6.42 Å². The average molecular weight is 296 g/mol. The van der Waals surface area contributed by atoms with Crippen molar-refractivity contribution in [2.24, 2.45) is 0 Å². The first kappa shape index (κ1) is 15.0. The fraction of sp³-hybridized carbons (Fsp3) is 0.0588. The molecule has 0 aliphatic carbocycles. The first-order chi connectivity index (χ1) is 10.2. The van der Waals surface area contributed by atoms with Gasteiger partial charge in [0.1, 0.15) is 0 Å². The van der Waals surface area contributed by atoms with Gasteiger partial charge in [-0.3, -0.25) is 4.79 Å². The zero-order valence-corrected chi connectivity index (χ0v) is 11.9. The smallest absolute Gasteiger partial charge is 0.286 e. The second-order valence-electron chi connectivity index (χ2n) is 4.34. The van der Waals surface area contributed by atoms with Crippen LogP contribution in [-0.4, -0.2) is 11.3 Å². The Kier molecular flexibility index (Phi) is 5.27. The van der Waals surface area contributed by atoms with Crippen LogP contribution < -0.4 is 0 Å². The summed E-state index contributed by atoms with van der Waals surface area (Å²) in [6, 6.07) is 18.7. The Morgan fingerprint density at radius 3 is 2.10 bits per heavy atom. The van der Waals surface area contributed by atoms with Crippen molar-refractivity contribution in [3.63, 3.8) is 0 Å². The molecule has 0 bridgehead atoms. The lowest BCUT2D eigenvalue weighted by atomic mass is 9.99. The SMILES string of the molecule is O=C1CC(c2cccc(-c3ccccc3)c2)=CS1.O=C=O. The van der Waals surface area contributed by atoms with Crippen LogP contribution in [0.3, 0.4) is 0 Å². The summed E-state index contributed by atoms with van der Waals surface area (Å²) in [5.41, 5.74) is 4.67. The molecule has 0 fully saturated rings. The number of rotatable bonds is 2. The molecule has 0 unspecified atom stereocenters. The van der Waals surface area contributed by atoms with E-state index in [-0.39, 0.29) is 11.3 Å². The lowest BCUT2D eigenvalue weighted by molar-refractivity contribution is -0.191. The van der Waals surface area contributed by atoms with Gasteiger partial charge in [-0.25, -0.2) is 0 Å². The van der Waals surface area contributed by atoms with Gasteiger partial charge in [-0.05, 0) is 33.7 Å². The summed E-state index contributed by atoms with van der Waals surface area (Å²) in [4.78, 5) is 27.5. The van der Waals surface area contributed by atoms with Gasteiger partial charge in [0.25, 0.3) is 0 Å². The average Bonchev–Trinajstić information content (AvgIpc) is 2.96. The van der Waals surface area contributed by atoms with Crippen LogP contribution in [0.4, 0.5) is 0 Å². The molecular weight excluding hydrogens is 284 g/mol. The second-order valence-corrected chi connectivity index (χ2v) is 5.27. The Morgan fingerprint density at radius 2 is 1.48 bits per heavy atom. The van der Waals surface area contributed by atoms with Crippen LogP contribution in [0.2, 0.25) is 0 Å². The molecule has 1 heterocycles. The number of thioether (sulfide) groups is 1. The van der Waals surface area contributed by atoms with Crippen LogP contribution in [0.25, 0.3) is 16.7 Å². The fourth-order valence-electron chi connectivity index (χ4n) is 2.07. The van der Waals surface area contributed by atoms with Gasteiger partial charge in [0.15, 0.2) is 5.12 Å². The highest BCUT2D eigenvalue weighted by Crippen LogP contribution is 2.33. The van der Waals surface area contributed by atoms with E-state index in [9.17, 15) is 4.79 Å². The van der Waals surface area contributed by atoms with Crippen molar-refractivity contribution in [2.45, 2.75) is 6.42 Å². The van der Waals surface area contributed by atoms with E-state index >= 15 is 0 Å². The molecule has 3 nitrogen and oxygen atoms in total. The predicted octanol–water partition coefficient (Wildman–Crippen LogP) is 3.77. The Bertz CT molecular complexity index is 699. The standard InChI is InChI=1S/C16H12OS.CO2/c17-16-10-15(11-18-16)14-8-4-7-13(9-14)12-5-2-1-3-6-12;2-1-3/h1-9,11H,10H2;. The molecule has 4 heteroatoms. The lowest BCUT2D eigenvalue weighted by Gasteiger charge is -2.05. The quantitative estimate of drug-likeness (QED) is 0.846. The minimum atomic E-state index is 0.232. The Labute approximate surface area is 126 Å². The number of carbonyl (C=O) groups excluding carboxylic acids is 3. The Hall–Kier alpha value is -2.42. The van der Waals surface area contributed by atoms with Crippen LogP contribution in [0, 0.1) is 0 Å². The highest BCUT2D eigenvalue weighted by Gasteiger charge is 2.15. The molecule has 1 aliphatic heterocycles. The predicted molar refractivity (Wildman–Crippen MR) is 82.1 cm³/mol. The van der Waals surface area contributed by atoms with Crippen molar-refractivity contribution in [3.8, 4) is 11.1 Å². The zero-order valence-electron chi connectivity index (χ0n) is 11.1. The molecule has 0 atom stereocenters. The van der Waals surface area contributed by atoms with Crippen LogP contribution in [0.15, 0.2) is 60.0 Å². The van der Waals surface area contributed by atoms with E-state index in [2.05, 4.69) is 30.3 Å². The third-order valence-electron chi connectivity index (χ3n) is 3.01. The second kappa shape index (κ2) is 7.39. The van der Waals surface area contributed by atoms with Gasteiger partial charge in [-0.1, -0.05) is 60.3 Å². The van der Waals surface area contributed by atoms with Crippen molar-refractivity contribution in [1.29, 1.82) is 0 Å². The molecule has 0 N–H and O–H groups in total. The topological polar surface area (TPSA) is 51.2 Å². The molecular formula is C17H12O3S. The molecule has 0 saturated heterocycles. The van der Waals surface area contributed by atoms with Crippen molar-refractivity contribution in [2.75, 3.05) is 0 Å². The van der Waals surface area contributed by atoms with E-state index in [4.69, 9.17) is 9.59 Å². The molecule has 0 aromatic heterocycles. The number of carbonyl (C=O) groups is 1. The number of hydrogen-bond donors (Lipinski definition) is 0. The minimum absolute atomic E-state index is 0.232. The molecule has 0 spiro atoms. The van der Waals surface area contributed by atoms with Gasteiger partial charge in [0.2, 0.25) is 0 Å². The monoisotopic (exact) mass is 296 g/mol. The highest BCUT2D eigenvalue weighted by atomic mass is 32.2. The summed E-state index contributed by atoms with van der Waals surface area (Å²) in [6.45, 7) is 0. The van der Waals surface area contributed by atoms with E-state index in [1.54, 1.807) is 0 Å². The maximum absolute atomic E-state index is 11.3. The van der Waals surface area contributed by atoms with E-state index < -0.39 is 0 Å². The Balaban J connectivity index is 0.000000497. The van der Waals surface area contributed by atoms with Crippen molar-refractivity contribution >= 4 is 28.6 Å². The zero-order chi connectivity index (χ0) is 15.1. The molecule has 1 aliphatic rings. The summed E-state index contributed by atoms with van der Waals surface area (Å²) in [5, 5.41) is 2.20. The maximum atomic E-state index is 11.3. The van der Waals surface area contributed by atoms with E-state index in [1.807, 2.05) is 29.7 Å². The van der Waals surface area contributed by atoms with Crippen LogP contribution in [-0.2, 0) is 14.4 Å². The van der Waals surface area contributed by atoms with Crippen LogP contribution in [0.5, 0.6) is 0 Å². The van der Waals surface area contributed by atoms with Crippen LogP contribution >= 0.6 is 11.8 Å². The normalized spacial score (nSPS) is 13.0. The Morgan fingerprint density at radius 1 is 0.857 bits per heavy atom. The third kappa shape index (κ3) is 4.02. The van der Waals surface area contributed by atoms with Gasteiger partial charge in [0.05, 0.1) is 0 Å². The maximum Gasteiger partial charge on any atom is 0.373 e. The van der Waals surface area contributed by atoms with E-state index in [1.165, 1.54) is 22.9 Å². The minimum Gasteiger partial charge on any atom is -0.286 e. The van der Waals surface area contributed by atoms with Crippen molar-refractivity contribution in [3.05, 3.63) is 65.6 Å². The van der Waals surface area contributed by atoms with Gasteiger partial charge < -0.3 is 0 Å². The molecule has 21 heavy (non-hydrogen) atoms. The molecule has 104 valence electrons. The van der Waals surface area contributed by atoms with Gasteiger partial charge in [0, 0.05) is 6.42 Å². The number of hydrogen-bond acceptors (Lipinski definition) is 4. The molecule has 2 aromatic carbocycles. The van der Waals surface area contributed by atoms with E-state index in [0.717, 1.165) is 11.1 Å². The number of allylic oxidation sites excluding steroid dienone is 1.